The van der Waals surface area contributed by atoms with Gasteiger partial charge in [0.2, 0.25) is 0 Å². The summed E-state index contributed by atoms with van der Waals surface area (Å²) in [6.07, 6.45) is 0.791. The van der Waals surface area contributed by atoms with Crippen molar-refractivity contribution >= 4 is 23.8 Å². The number of carbonyl (C=O) groups is 4. The third-order valence-corrected chi connectivity index (χ3v) is 7.28. The van der Waals surface area contributed by atoms with E-state index in [9.17, 15) is 23.6 Å². The summed E-state index contributed by atoms with van der Waals surface area (Å²) in [5, 5.41) is 2.89. The maximum Gasteiger partial charge on any atom is 0.347 e. The second kappa shape index (κ2) is 17.9. The highest BCUT2D eigenvalue weighted by atomic mass is 19.1. The number of hydrogen-bond donors (Lipinski definition) is 1. The van der Waals surface area contributed by atoms with Crippen LogP contribution in [-0.4, -0.2) is 86.0 Å². The highest BCUT2D eigenvalue weighted by molar-refractivity contribution is 5.89. The summed E-state index contributed by atoms with van der Waals surface area (Å²) in [6, 6.07) is 7.06. The molecule has 0 saturated carbocycles. The van der Waals surface area contributed by atoms with E-state index in [0.717, 1.165) is 16.0 Å². The van der Waals surface area contributed by atoms with Crippen LogP contribution >= 0.6 is 0 Å². The van der Waals surface area contributed by atoms with Crippen molar-refractivity contribution in [3.05, 3.63) is 47.5 Å². The van der Waals surface area contributed by atoms with Crippen LogP contribution in [0.2, 0.25) is 0 Å². The molecule has 1 heterocycles. The van der Waals surface area contributed by atoms with Crippen LogP contribution in [0.3, 0.4) is 0 Å². The van der Waals surface area contributed by atoms with Gasteiger partial charge in [-0.2, -0.15) is 0 Å². The lowest BCUT2D eigenvalue weighted by Crippen LogP contribution is -2.51. The Morgan fingerprint density at radius 3 is 2.30 bits per heavy atom. The second-order valence-corrected chi connectivity index (χ2v) is 12.2. The summed E-state index contributed by atoms with van der Waals surface area (Å²) in [5.74, 6) is -2.81. The summed E-state index contributed by atoms with van der Waals surface area (Å²) in [7, 11) is 2.95. The molecule has 1 aromatic rings. The van der Waals surface area contributed by atoms with E-state index < -0.39 is 60.2 Å². The quantitative estimate of drug-likeness (QED) is 0.154. The van der Waals surface area contributed by atoms with Crippen molar-refractivity contribution in [2.75, 3.05) is 27.3 Å². The highest BCUT2D eigenvalue weighted by Gasteiger charge is 2.39. The van der Waals surface area contributed by atoms with Crippen molar-refractivity contribution < 1.29 is 42.5 Å². The average molecular weight is 621 g/mol. The number of ether oxygens (including phenoxy) is 4. The molecule has 44 heavy (non-hydrogen) atoms. The number of likely N-dealkylation sites (N-methyl/N-ethyl adjacent to an activating group) is 2. The molecule has 0 radical (unpaired) electrons. The molecule has 246 valence electrons. The standard InChI is InChI=1S/C33H49FN2O8/c1-22(2)19-26(35-6)30(38)43-23(3)29(37)36(7)27(20-33(4,5)34)31(39)44-28(14-13-24-15-17-41-18-16-24)32(40)42-21-25-11-9-8-10-12-25/h8-12,15,22-23,26-28,35H,13-14,16-21H2,1-7H3/t23-,26+,27+,28-/m1/s1. The molecular weight excluding hydrogens is 571 g/mol. The Morgan fingerprint density at radius 1 is 1.05 bits per heavy atom. The number of amides is 1. The number of hydrogen-bond acceptors (Lipinski definition) is 9. The number of rotatable bonds is 17. The van der Waals surface area contributed by atoms with E-state index in [1.165, 1.54) is 27.8 Å². The van der Waals surface area contributed by atoms with Gasteiger partial charge in [-0.1, -0.05) is 55.8 Å². The number of carbonyl (C=O) groups excluding carboxylic acids is 4. The van der Waals surface area contributed by atoms with Crippen molar-refractivity contribution in [3.8, 4) is 0 Å². The first kappa shape index (κ1) is 36.9. The normalized spacial score (nSPS) is 16.2. The molecule has 0 fully saturated rings. The Bertz CT molecular complexity index is 1120. The van der Waals surface area contributed by atoms with Crippen molar-refractivity contribution in [3.63, 3.8) is 0 Å². The van der Waals surface area contributed by atoms with Crippen LogP contribution in [0.15, 0.2) is 42.0 Å². The molecular formula is C33H49FN2O8. The van der Waals surface area contributed by atoms with Gasteiger partial charge in [0.25, 0.3) is 5.91 Å². The van der Waals surface area contributed by atoms with Crippen LogP contribution in [0.4, 0.5) is 4.39 Å². The molecule has 1 N–H and O–H groups in total. The molecule has 1 aliphatic rings. The summed E-state index contributed by atoms with van der Waals surface area (Å²) in [6.45, 7) is 8.88. The molecule has 0 bridgehead atoms. The van der Waals surface area contributed by atoms with Crippen LogP contribution in [-0.2, 0) is 44.7 Å². The number of alkyl halides is 1. The van der Waals surface area contributed by atoms with Crippen LogP contribution in [0, 0.1) is 5.92 Å². The van der Waals surface area contributed by atoms with E-state index in [-0.39, 0.29) is 18.9 Å². The van der Waals surface area contributed by atoms with Crippen LogP contribution < -0.4 is 5.32 Å². The van der Waals surface area contributed by atoms with Gasteiger partial charge < -0.3 is 29.2 Å². The van der Waals surface area contributed by atoms with Gasteiger partial charge in [-0.3, -0.25) is 9.59 Å². The summed E-state index contributed by atoms with van der Waals surface area (Å²) in [5.41, 5.74) is -0.0455. The van der Waals surface area contributed by atoms with Crippen molar-refractivity contribution in [2.45, 2.75) is 103 Å². The van der Waals surface area contributed by atoms with Crippen molar-refractivity contribution in [2.24, 2.45) is 5.92 Å². The van der Waals surface area contributed by atoms with Crippen molar-refractivity contribution in [1.82, 2.24) is 10.2 Å². The molecule has 0 aromatic heterocycles. The first-order chi connectivity index (χ1) is 20.7. The molecule has 0 unspecified atom stereocenters. The summed E-state index contributed by atoms with van der Waals surface area (Å²) < 4.78 is 36.9. The Balaban J connectivity index is 2.21. The van der Waals surface area contributed by atoms with Gasteiger partial charge in [0.1, 0.15) is 24.4 Å². The van der Waals surface area contributed by atoms with Gasteiger partial charge >= 0.3 is 17.9 Å². The Kier molecular flexibility index (Phi) is 15.0. The SMILES string of the molecule is CN[C@@H](CC(C)C)C(=O)O[C@H](C)C(=O)N(C)[C@@H](CC(C)(C)F)C(=O)O[C@H](CCC1=CCOCC1)C(=O)OCc1ccccc1. The molecule has 1 aliphatic heterocycles. The molecule has 11 heteroatoms. The minimum absolute atomic E-state index is 0.0170. The molecule has 2 rings (SSSR count). The Labute approximate surface area is 260 Å². The maximum absolute atomic E-state index is 15.0. The number of esters is 3. The molecule has 0 saturated heterocycles. The second-order valence-electron chi connectivity index (χ2n) is 12.2. The van der Waals surface area contributed by atoms with E-state index in [0.29, 0.717) is 32.5 Å². The summed E-state index contributed by atoms with van der Waals surface area (Å²) >= 11 is 0. The lowest BCUT2D eigenvalue weighted by atomic mass is 9.99. The minimum Gasteiger partial charge on any atom is -0.458 e. The predicted molar refractivity (Wildman–Crippen MR) is 163 cm³/mol. The van der Waals surface area contributed by atoms with Gasteiger partial charge in [-0.05, 0) is 65.0 Å². The molecule has 0 spiro atoms. The number of benzene rings is 1. The zero-order valence-electron chi connectivity index (χ0n) is 27.1. The van der Waals surface area contributed by atoms with Crippen molar-refractivity contribution in [1.29, 1.82) is 0 Å². The highest BCUT2D eigenvalue weighted by Crippen LogP contribution is 2.24. The predicted octanol–water partition coefficient (Wildman–Crippen LogP) is 4.30. The maximum atomic E-state index is 15.0. The molecule has 1 amide bonds. The van der Waals surface area contributed by atoms with Gasteiger partial charge in [0.05, 0.1) is 13.2 Å². The van der Waals surface area contributed by atoms with Gasteiger partial charge in [0.15, 0.2) is 12.2 Å². The smallest absolute Gasteiger partial charge is 0.347 e. The molecule has 4 atom stereocenters. The van der Waals surface area contributed by atoms with E-state index in [1.54, 1.807) is 19.2 Å². The fourth-order valence-corrected chi connectivity index (χ4v) is 4.76. The van der Waals surface area contributed by atoms with E-state index in [2.05, 4.69) is 5.32 Å². The average Bonchev–Trinajstić information content (AvgIpc) is 2.98. The Morgan fingerprint density at radius 2 is 1.73 bits per heavy atom. The van der Waals surface area contributed by atoms with Gasteiger partial charge in [0, 0.05) is 13.5 Å². The van der Waals surface area contributed by atoms with Gasteiger partial charge in [-0.15, -0.1) is 0 Å². The largest absolute Gasteiger partial charge is 0.458 e. The lowest BCUT2D eigenvalue weighted by molar-refractivity contribution is -0.175. The van der Waals surface area contributed by atoms with E-state index >= 15 is 0 Å². The summed E-state index contributed by atoms with van der Waals surface area (Å²) in [4.78, 5) is 53.8. The fourth-order valence-electron chi connectivity index (χ4n) is 4.76. The van der Waals surface area contributed by atoms with Gasteiger partial charge in [-0.25, -0.2) is 14.0 Å². The van der Waals surface area contributed by atoms with Crippen LogP contribution in [0.5, 0.6) is 0 Å². The first-order valence-corrected chi connectivity index (χ1v) is 15.2. The molecule has 1 aromatic carbocycles. The third kappa shape index (κ3) is 12.7. The van der Waals surface area contributed by atoms with Crippen LogP contribution in [0.1, 0.15) is 72.3 Å². The first-order valence-electron chi connectivity index (χ1n) is 15.2. The van der Waals surface area contributed by atoms with E-state index in [4.69, 9.17) is 18.9 Å². The zero-order valence-corrected chi connectivity index (χ0v) is 27.1. The number of nitrogens with one attached hydrogen (secondary N) is 1. The number of halogens is 1. The lowest BCUT2D eigenvalue weighted by Gasteiger charge is -2.32. The zero-order chi connectivity index (χ0) is 32.9. The monoisotopic (exact) mass is 620 g/mol. The molecule has 0 aliphatic carbocycles. The van der Waals surface area contributed by atoms with Crippen LogP contribution in [0.25, 0.3) is 0 Å². The van der Waals surface area contributed by atoms with E-state index in [1.807, 2.05) is 38.1 Å². The molecule has 10 nitrogen and oxygen atoms in total. The number of nitrogens with zero attached hydrogens (tertiary/aromatic N) is 1. The topological polar surface area (TPSA) is 120 Å². The fraction of sp³-hybridized carbons (Fsp3) is 0.636. The minimum atomic E-state index is -1.87. The third-order valence-electron chi connectivity index (χ3n) is 7.28. The Hall–Kier alpha value is -3.31.